The molecule has 1 amide bonds. The molecule has 0 spiro atoms. The van der Waals surface area contributed by atoms with Crippen molar-refractivity contribution < 1.29 is 9.53 Å². The van der Waals surface area contributed by atoms with Gasteiger partial charge in [-0.25, -0.2) is 18.9 Å². The molecule has 0 aliphatic carbocycles. The van der Waals surface area contributed by atoms with E-state index in [9.17, 15) is 9.59 Å². The maximum Gasteiger partial charge on any atom is 0.351 e. The number of nitrogens with zero attached hydrogens (tertiary/aromatic N) is 4. The molecule has 1 N–H and O–H groups in total. The monoisotopic (exact) mass is 403 g/mol. The summed E-state index contributed by atoms with van der Waals surface area (Å²) in [6, 6.07) is 13.2. The van der Waals surface area contributed by atoms with Crippen LogP contribution in [-0.4, -0.2) is 25.1 Å². The minimum Gasteiger partial charge on any atom is -0.436 e. The van der Waals surface area contributed by atoms with Gasteiger partial charge in [-0.2, -0.15) is 0 Å². The number of fused-ring (bicyclic) bond motifs is 1. The third-order valence-corrected chi connectivity index (χ3v) is 4.51. The van der Waals surface area contributed by atoms with Crippen LogP contribution in [0.2, 0.25) is 0 Å². The standard InChI is InChI=1S/C22H21N5O3/c1-14-4-6-17(7-5-14)24-19(28)13-27-22(29)26-9-8-23-21(20(26)25-27)30-18-11-15(2)10-16(3)12-18/h4-12H,13H2,1-3H3,(H,24,28). The summed E-state index contributed by atoms with van der Waals surface area (Å²) in [7, 11) is 0. The van der Waals surface area contributed by atoms with E-state index in [1.54, 1.807) is 12.1 Å². The van der Waals surface area contributed by atoms with E-state index < -0.39 is 5.69 Å². The largest absolute Gasteiger partial charge is 0.436 e. The lowest BCUT2D eigenvalue weighted by Gasteiger charge is -2.07. The third kappa shape index (κ3) is 4.07. The highest BCUT2D eigenvalue weighted by atomic mass is 16.5. The van der Waals surface area contributed by atoms with Crippen molar-refractivity contribution >= 4 is 17.2 Å². The fraction of sp³-hybridized carbons (Fsp3) is 0.182. The molecule has 2 heterocycles. The van der Waals surface area contributed by atoms with Crippen LogP contribution in [0.25, 0.3) is 5.65 Å². The summed E-state index contributed by atoms with van der Waals surface area (Å²) in [6.45, 7) is 5.68. The van der Waals surface area contributed by atoms with Gasteiger partial charge in [-0.15, -0.1) is 5.10 Å². The lowest BCUT2D eigenvalue weighted by Crippen LogP contribution is -2.28. The third-order valence-electron chi connectivity index (χ3n) is 4.51. The van der Waals surface area contributed by atoms with Crippen molar-refractivity contribution in [2.45, 2.75) is 27.3 Å². The average Bonchev–Trinajstić information content (AvgIpc) is 3.00. The molecule has 4 rings (SSSR count). The normalized spacial score (nSPS) is 10.9. The Kier molecular flexibility index (Phi) is 5.05. The number of amides is 1. The highest BCUT2D eigenvalue weighted by molar-refractivity contribution is 5.90. The van der Waals surface area contributed by atoms with Crippen LogP contribution < -0.4 is 15.7 Å². The van der Waals surface area contributed by atoms with Crippen molar-refractivity contribution in [3.05, 3.63) is 82.0 Å². The van der Waals surface area contributed by atoms with Crippen LogP contribution in [0.1, 0.15) is 16.7 Å². The van der Waals surface area contributed by atoms with E-state index in [1.807, 2.05) is 51.1 Å². The molecule has 0 aliphatic rings. The molecule has 0 unspecified atom stereocenters. The fourth-order valence-corrected chi connectivity index (χ4v) is 3.18. The summed E-state index contributed by atoms with van der Waals surface area (Å²) in [5.74, 6) is 0.443. The van der Waals surface area contributed by atoms with Gasteiger partial charge in [0.05, 0.1) is 0 Å². The lowest BCUT2D eigenvalue weighted by molar-refractivity contribution is -0.117. The maximum atomic E-state index is 12.7. The topological polar surface area (TPSA) is 90.5 Å². The summed E-state index contributed by atoms with van der Waals surface area (Å²) in [5.41, 5.74) is 3.64. The van der Waals surface area contributed by atoms with Crippen LogP contribution >= 0.6 is 0 Å². The first-order valence-corrected chi connectivity index (χ1v) is 9.46. The van der Waals surface area contributed by atoms with Crippen molar-refractivity contribution in [3.63, 3.8) is 0 Å². The second kappa shape index (κ2) is 7.82. The Morgan fingerprint density at radius 3 is 2.43 bits per heavy atom. The van der Waals surface area contributed by atoms with E-state index in [0.717, 1.165) is 21.4 Å². The number of carbonyl (C=O) groups excluding carboxylic acids is 1. The van der Waals surface area contributed by atoms with E-state index in [1.165, 1.54) is 16.8 Å². The predicted octanol–water partition coefficient (Wildman–Crippen LogP) is 3.25. The zero-order valence-corrected chi connectivity index (χ0v) is 16.9. The Labute approximate surface area is 172 Å². The van der Waals surface area contributed by atoms with Gasteiger partial charge in [0, 0.05) is 18.1 Å². The molecule has 8 heteroatoms. The minimum atomic E-state index is -0.447. The van der Waals surface area contributed by atoms with E-state index in [4.69, 9.17) is 4.74 Å². The summed E-state index contributed by atoms with van der Waals surface area (Å²) >= 11 is 0. The molecule has 8 nitrogen and oxygen atoms in total. The van der Waals surface area contributed by atoms with Crippen molar-refractivity contribution in [3.8, 4) is 11.6 Å². The molecule has 0 bridgehead atoms. The van der Waals surface area contributed by atoms with Crippen LogP contribution in [0.5, 0.6) is 11.6 Å². The average molecular weight is 403 g/mol. The summed E-state index contributed by atoms with van der Waals surface area (Å²) in [6.07, 6.45) is 2.96. The SMILES string of the molecule is Cc1ccc(NC(=O)Cn2nc3c(Oc4cc(C)cc(C)c4)nccn3c2=O)cc1. The quantitative estimate of drug-likeness (QED) is 0.552. The van der Waals surface area contributed by atoms with Gasteiger partial charge >= 0.3 is 5.69 Å². The Hall–Kier alpha value is -3.94. The van der Waals surface area contributed by atoms with Crippen LogP contribution in [-0.2, 0) is 11.3 Å². The van der Waals surface area contributed by atoms with Crippen LogP contribution in [0, 0.1) is 20.8 Å². The number of rotatable bonds is 5. The first-order valence-electron chi connectivity index (χ1n) is 9.46. The Balaban J connectivity index is 1.60. The number of anilines is 1. The number of aryl methyl sites for hydroxylation is 3. The molecular formula is C22H21N5O3. The minimum absolute atomic E-state index is 0.192. The first-order chi connectivity index (χ1) is 14.4. The molecule has 0 radical (unpaired) electrons. The molecule has 4 aromatic rings. The van der Waals surface area contributed by atoms with E-state index in [-0.39, 0.29) is 24.0 Å². The molecule has 0 saturated carbocycles. The molecule has 152 valence electrons. The molecule has 0 fully saturated rings. The molecule has 0 saturated heterocycles. The number of benzene rings is 2. The number of nitrogens with one attached hydrogen (secondary N) is 1. The highest BCUT2D eigenvalue weighted by Crippen LogP contribution is 2.24. The van der Waals surface area contributed by atoms with Gasteiger partial charge in [0.25, 0.3) is 5.88 Å². The first kappa shape index (κ1) is 19.4. The molecular weight excluding hydrogens is 382 g/mol. The van der Waals surface area contributed by atoms with Gasteiger partial charge in [0.2, 0.25) is 11.6 Å². The van der Waals surface area contributed by atoms with Gasteiger partial charge in [-0.1, -0.05) is 23.8 Å². The van der Waals surface area contributed by atoms with Crippen molar-refractivity contribution in [1.82, 2.24) is 19.2 Å². The lowest BCUT2D eigenvalue weighted by atomic mass is 10.1. The molecule has 30 heavy (non-hydrogen) atoms. The zero-order chi connectivity index (χ0) is 21.3. The number of aromatic nitrogens is 4. The highest BCUT2D eigenvalue weighted by Gasteiger charge is 2.16. The van der Waals surface area contributed by atoms with Gasteiger partial charge in [0.1, 0.15) is 12.3 Å². The second-order valence-electron chi connectivity index (χ2n) is 7.21. The summed E-state index contributed by atoms with van der Waals surface area (Å²) in [4.78, 5) is 29.3. The maximum absolute atomic E-state index is 12.7. The van der Waals surface area contributed by atoms with Crippen molar-refractivity contribution in [1.29, 1.82) is 0 Å². The Morgan fingerprint density at radius 1 is 1.03 bits per heavy atom. The number of carbonyl (C=O) groups is 1. The van der Waals surface area contributed by atoms with Crippen LogP contribution in [0.15, 0.2) is 59.7 Å². The Bertz CT molecular complexity index is 1270. The number of ether oxygens (including phenoxy) is 1. The van der Waals surface area contributed by atoms with E-state index in [2.05, 4.69) is 15.4 Å². The molecule has 2 aromatic heterocycles. The van der Waals surface area contributed by atoms with Gasteiger partial charge in [0.15, 0.2) is 0 Å². The van der Waals surface area contributed by atoms with Gasteiger partial charge < -0.3 is 10.1 Å². The number of hydrogen-bond acceptors (Lipinski definition) is 5. The predicted molar refractivity (Wildman–Crippen MR) is 113 cm³/mol. The van der Waals surface area contributed by atoms with E-state index in [0.29, 0.717) is 11.4 Å². The number of hydrogen-bond donors (Lipinski definition) is 1. The van der Waals surface area contributed by atoms with Crippen molar-refractivity contribution in [2.24, 2.45) is 0 Å². The fourth-order valence-electron chi connectivity index (χ4n) is 3.18. The van der Waals surface area contributed by atoms with Gasteiger partial charge in [-0.05, 0) is 56.2 Å². The summed E-state index contributed by atoms with van der Waals surface area (Å²) < 4.78 is 8.29. The van der Waals surface area contributed by atoms with Crippen LogP contribution in [0.3, 0.4) is 0 Å². The Morgan fingerprint density at radius 2 is 1.73 bits per heavy atom. The molecule has 0 atom stereocenters. The second-order valence-corrected chi connectivity index (χ2v) is 7.21. The zero-order valence-electron chi connectivity index (χ0n) is 16.9. The van der Waals surface area contributed by atoms with Gasteiger partial charge in [-0.3, -0.25) is 4.79 Å². The van der Waals surface area contributed by atoms with Crippen LogP contribution in [0.4, 0.5) is 5.69 Å². The molecule has 2 aromatic carbocycles. The van der Waals surface area contributed by atoms with E-state index >= 15 is 0 Å². The van der Waals surface area contributed by atoms with Crippen molar-refractivity contribution in [2.75, 3.05) is 5.32 Å². The smallest absolute Gasteiger partial charge is 0.351 e. The molecule has 0 aliphatic heterocycles. The summed E-state index contributed by atoms with van der Waals surface area (Å²) in [5, 5.41) is 7.03.